The number of hydrogen-bond acceptors (Lipinski definition) is 5. The van der Waals surface area contributed by atoms with E-state index in [-0.39, 0.29) is 5.84 Å². The molecule has 0 spiro atoms. The van der Waals surface area contributed by atoms with Gasteiger partial charge in [0, 0.05) is 24.0 Å². The second kappa shape index (κ2) is 5.56. The van der Waals surface area contributed by atoms with E-state index in [1.807, 2.05) is 50.1 Å². The van der Waals surface area contributed by atoms with Crippen molar-refractivity contribution in [3.8, 4) is 0 Å². The van der Waals surface area contributed by atoms with Gasteiger partial charge >= 0.3 is 0 Å². The summed E-state index contributed by atoms with van der Waals surface area (Å²) in [5.41, 5.74) is 8.88. The predicted molar refractivity (Wildman–Crippen MR) is 78.5 cm³/mol. The predicted octanol–water partition coefficient (Wildman–Crippen LogP) is 1.96. The average molecular weight is 271 g/mol. The number of nitrogens with zero attached hydrogens (tertiary/aromatic N) is 4. The Morgan fingerprint density at radius 3 is 2.40 bits per heavy atom. The molecule has 0 fully saturated rings. The van der Waals surface area contributed by atoms with Gasteiger partial charge in [-0.25, -0.2) is 9.97 Å². The quantitative estimate of drug-likeness (QED) is 0.385. The van der Waals surface area contributed by atoms with Crippen LogP contribution in [0.5, 0.6) is 0 Å². The number of amidine groups is 1. The van der Waals surface area contributed by atoms with Gasteiger partial charge in [-0.15, -0.1) is 0 Å². The summed E-state index contributed by atoms with van der Waals surface area (Å²) in [4.78, 5) is 10.6. The van der Waals surface area contributed by atoms with Crippen LogP contribution in [0, 0.1) is 13.8 Å². The summed E-state index contributed by atoms with van der Waals surface area (Å²) in [6.07, 6.45) is 0. The number of nitrogens with two attached hydrogens (primary N) is 1. The number of benzene rings is 1. The van der Waals surface area contributed by atoms with Crippen molar-refractivity contribution in [3.63, 3.8) is 0 Å². The summed E-state index contributed by atoms with van der Waals surface area (Å²) < 4.78 is 0. The average Bonchev–Trinajstić information content (AvgIpc) is 2.44. The van der Waals surface area contributed by atoms with E-state index in [0.29, 0.717) is 11.5 Å². The van der Waals surface area contributed by atoms with Crippen molar-refractivity contribution in [2.75, 3.05) is 11.9 Å². The lowest BCUT2D eigenvalue weighted by Gasteiger charge is -2.20. The first-order valence-electron chi connectivity index (χ1n) is 6.16. The van der Waals surface area contributed by atoms with Crippen molar-refractivity contribution in [3.05, 3.63) is 47.3 Å². The molecule has 1 heterocycles. The number of anilines is 2. The SMILES string of the molecule is Cc1cc(C)nc(N(C)c2ccccc2/C(N)=N/O)n1. The highest BCUT2D eigenvalue weighted by Gasteiger charge is 2.14. The van der Waals surface area contributed by atoms with Crippen molar-refractivity contribution in [2.45, 2.75) is 13.8 Å². The van der Waals surface area contributed by atoms with E-state index in [4.69, 9.17) is 10.9 Å². The third-order valence-corrected chi connectivity index (χ3v) is 2.92. The summed E-state index contributed by atoms with van der Waals surface area (Å²) in [5, 5.41) is 11.9. The molecule has 0 saturated heterocycles. The fourth-order valence-corrected chi connectivity index (χ4v) is 2.00. The lowest BCUT2D eigenvalue weighted by atomic mass is 10.1. The number of oxime groups is 1. The van der Waals surface area contributed by atoms with Crippen LogP contribution >= 0.6 is 0 Å². The summed E-state index contributed by atoms with van der Waals surface area (Å²) in [6, 6.07) is 9.26. The molecule has 0 aliphatic heterocycles. The van der Waals surface area contributed by atoms with Crippen molar-refractivity contribution >= 4 is 17.5 Å². The summed E-state index contributed by atoms with van der Waals surface area (Å²) in [7, 11) is 1.84. The molecular weight excluding hydrogens is 254 g/mol. The Labute approximate surface area is 117 Å². The summed E-state index contributed by atoms with van der Waals surface area (Å²) in [6.45, 7) is 3.84. The van der Waals surface area contributed by atoms with Crippen LogP contribution < -0.4 is 10.6 Å². The maximum Gasteiger partial charge on any atom is 0.230 e. The number of hydrogen-bond donors (Lipinski definition) is 2. The van der Waals surface area contributed by atoms with E-state index in [1.165, 1.54) is 0 Å². The first-order valence-corrected chi connectivity index (χ1v) is 6.16. The number of rotatable bonds is 3. The smallest absolute Gasteiger partial charge is 0.230 e. The van der Waals surface area contributed by atoms with Gasteiger partial charge in [-0.3, -0.25) is 0 Å². The van der Waals surface area contributed by atoms with Crippen LogP contribution in [0.15, 0.2) is 35.5 Å². The van der Waals surface area contributed by atoms with Crippen molar-refractivity contribution in [2.24, 2.45) is 10.9 Å². The number of aromatic nitrogens is 2. The standard InChI is InChI=1S/C14H17N5O/c1-9-8-10(2)17-14(16-9)19(3)12-7-5-4-6-11(12)13(15)18-20/h4-8,20H,1-3H3,(H2,15,18). The largest absolute Gasteiger partial charge is 0.409 e. The zero-order valence-electron chi connectivity index (χ0n) is 11.7. The highest BCUT2D eigenvalue weighted by atomic mass is 16.4. The highest BCUT2D eigenvalue weighted by molar-refractivity contribution is 6.02. The molecule has 1 aromatic carbocycles. The molecule has 6 heteroatoms. The van der Waals surface area contributed by atoms with Gasteiger partial charge in [0.2, 0.25) is 5.95 Å². The molecule has 2 rings (SSSR count). The molecule has 0 aliphatic carbocycles. The lowest BCUT2D eigenvalue weighted by molar-refractivity contribution is 0.318. The normalized spacial score (nSPS) is 11.4. The van der Waals surface area contributed by atoms with Gasteiger partial charge in [-0.1, -0.05) is 17.3 Å². The zero-order chi connectivity index (χ0) is 14.7. The number of para-hydroxylation sites is 1. The van der Waals surface area contributed by atoms with Gasteiger partial charge < -0.3 is 15.8 Å². The lowest BCUT2D eigenvalue weighted by Crippen LogP contribution is -2.21. The molecule has 3 N–H and O–H groups in total. The molecule has 0 unspecified atom stereocenters. The molecule has 0 aliphatic rings. The summed E-state index contributed by atoms with van der Waals surface area (Å²) in [5.74, 6) is 0.623. The molecule has 20 heavy (non-hydrogen) atoms. The maximum atomic E-state index is 8.87. The van der Waals surface area contributed by atoms with E-state index in [2.05, 4.69) is 15.1 Å². The Balaban J connectivity index is 2.51. The van der Waals surface area contributed by atoms with Crippen LogP contribution in [0.2, 0.25) is 0 Å². The van der Waals surface area contributed by atoms with Gasteiger partial charge in [-0.05, 0) is 32.0 Å². The molecule has 0 radical (unpaired) electrons. The van der Waals surface area contributed by atoms with Crippen LogP contribution in [-0.2, 0) is 0 Å². The fourth-order valence-electron chi connectivity index (χ4n) is 2.00. The molecular formula is C14H17N5O. The monoisotopic (exact) mass is 271 g/mol. The van der Waals surface area contributed by atoms with Crippen LogP contribution in [0.1, 0.15) is 17.0 Å². The molecule has 2 aromatic rings. The Bertz CT molecular complexity index is 634. The fraction of sp³-hybridized carbons (Fsp3) is 0.214. The first-order chi connectivity index (χ1) is 9.52. The van der Waals surface area contributed by atoms with Crippen molar-refractivity contribution < 1.29 is 5.21 Å². The minimum absolute atomic E-state index is 0.0526. The topological polar surface area (TPSA) is 87.6 Å². The van der Waals surface area contributed by atoms with Gasteiger partial charge in [0.05, 0.1) is 5.69 Å². The zero-order valence-corrected chi connectivity index (χ0v) is 11.7. The van der Waals surface area contributed by atoms with E-state index < -0.39 is 0 Å². The van der Waals surface area contributed by atoms with Crippen LogP contribution in [0.4, 0.5) is 11.6 Å². The Kier molecular flexibility index (Phi) is 3.84. The first kappa shape index (κ1) is 13.8. The molecule has 104 valence electrons. The Morgan fingerprint density at radius 1 is 1.20 bits per heavy atom. The van der Waals surface area contributed by atoms with E-state index >= 15 is 0 Å². The molecule has 6 nitrogen and oxygen atoms in total. The molecule has 0 bridgehead atoms. The van der Waals surface area contributed by atoms with Crippen LogP contribution in [0.25, 0.3) is 0 Å². The second-order valence-electron chi connectivity index (χ2n) is 4.51. The highest BCUT2D eigenvalue weighted by Crippen LogP contribution is 2.24. The van der Waals surface area contributed by atoms with Gasteiger partial charge in [0.15, 0.2) is 5.84 Å². The van der Waals surface area contributed by atoms with Gasteiger partial charge in [-0.2, -0.15) is 0 Å². The molecule has 0 amide bonds. The molecule has 0 saturated carbocycles. The van der Waals surface area contributed by atoms with E-state index in [9.17, 15) is 0 Å². The third kappa shape index (κ3) is 2.69. The second-order valence-corrected chi connectivity index (χ2v) is 4.51. The minimum Gasteiger partial charge on any atom is -0.409 e. The third-order valence-electron chi connectivity index (χ3n) is 2.92. The Hall–Kier alpha value is -2.63. The molecule has 0 atom stereocenters. The van der Waals surface area contributed by atoms with E-state index in [1.54, 1.807) is 6.07 Å². The van der Waals surface area contributed by atoms with E-state index in [0.717, 1.165) is 17.1 Å². The van der Waals surface area contributed by atoms with Crippen LogP contribution in [0.3, 0.4) is 0 Å². The van der Waals surface area contributed by atoms with Gasteiger partial charge in [0.25, 0.3) is 0 Å². The van der Waals surface area contributed by atoms with Crippen LogP contribution in [-0.4, -0.2) is 28.1 Å². The van der Waals surface area contributed by atoms with Gasteiger partial charge in [0.1, 0.15) is 0 Å². The Morgan fingerprint density at radius 2 is 1.80 bits per heavy atom. The van der Waals surface area contributed by atoms with Crippen molar-refractivity contribution in [1.29, 1.82) is 0 Å². The van der Waals surface area contributed by atoms with Crippen molar-refractivity contribution in [1.82, 2.24) is 9.97 Å². The maximum absolute atomic E-state index is 8.87. The number of aryl methyl sites for hydroxylation is 2. The minimum atomic E-state index is 0.0526. The summed E-state index contributed by atoms with van der Waals surface area (Å²) >= 11 is 0. The molecule has 1 aromatic heterocycles.